The van der Waals surface area contributed by atoms with E-state index in [1.54, 1.807) is 0 Å². The Kier molecular flexibility index (Phi) is 3.35. The Balaban J connectivity index is 1.83. The van der Waals surface area contributed by atoms with Gasteiger partial charge in [-0.15, -0.1) is 0 Å². The minimum atomic E-state index is 0.186. The number of hydrogen-bond donors (Lipinski definition) is 0. The maximum absolute atomic E-state index is 4.97. The Labute approximate surface area is 194 Å². The highest BCUT2D eigenvalue weighted by Crippen LogP contribution is 2.36. The summed E-state index contributed by atoms with van der Waals surface area (Å²) in [5.74, 6) is 0. The second-order valence-electron chi connectivity index (χ2n) is 10.3. The topological polar surface area (TPSA) is 35.6 Å². The van der Waals surface area contributed by atoms with E-state index in [9.17, 15) is 0 Å². The van der Waals surface area contributed by atoms with Crippen LogP contribution in [0.25, 0.3) is 33.2 Å². The zero-order chi connectivity index (χ0) is 23.1. The number of benzene rings is 3. The number of hydrogen-bond acceptors (Lipinski definition) is 2. The molecule has 0 aliphatic carbocycles. The molecule has 0 fully saturated rings. The molecule has 0 bridgehead atoms. The van der Waals surface area contributed by atoms with Crippen molar-refractivity contribution < 1.29 is 0 Å². The van der Waals surface area contributed by atoms with Gasteiger partial charge in [0.2, 0.25) is 0 Å². The molecule has 5 aromatic rings. The molecule has 0 radical (unpaired) electrons. The Morgan fingerprint density at radius 3 is 1.39 bits per heavy atom. The van der Waals surface area contributed by atoms with Crippen LogP contribution in [0.4, 0.5) is 0 Å². The minimum Gasteiger partial charge on any atom is -0.234 e. The summed E-state index contributed by atoms with van der Waals surface area (Å²) in [6.45, 7) is 18.3. The lowest BCUT2D eigenvalue weighted by Gasteiger charge is -2.36. The van der Waals surface area contributed by atoms with Gasteiger partial charge in [0.1, 0.15) is 0 Å². The molecule has 162 valence electrons. The molecule has 4 heterocycles. The number of fused-ring (bicyclic) bond motifs is 4. The number of aryl methyl sites for hydroxylation is 4. The molecule has 0 spiro atoms. The van der Waals surface area contributed by atoms with Crippen LogP contribution in [0, 0.1) is 55.4 Å². The minimum absolute atomic E-state index is 0.186. The van der Waals surface area contributed by atoms with Crippen molar-refractivity contribution in [1.82, 2.24) is 19.6 Å². The molecule has 0 N–H and O–H groups in total. The van der Waals surface area contributed by atoms with Crippen LogP contribution in [0.1, 0.15) is 44.5 Å². The molecule has 33 heavy (non-hydrogen) atoms. The van der Waals surface area contributed by atoms with Crippen molar-refractivity contribution in [1.29, 1.82) is 0 Å². The number of aromatic nitrogens is 4. The highest BCUT2D eigenvalue weighted by molar-refractivity contribution is 7.00. The molecule has 0 saturated heterocycles. The summed E-state index contributed by atoms with van der Waals surface area (Å²) in [6, 6.07) is 2.31. The summed E-state index contributed by atoms with van der Waals surface area (Å²) >= 11 is 0. The predicted octanol–water partition coefficient (Wildman–Crippen LogP) is 3.97. The average molecular weight is 430 g/mol. The Morgan fingerprint density at radius 2 is 0.970 bits per heavy atom. The van der Waals surface area contributed by atoms with Crippen molar-refractivity contribution >= 4 is 44.9 Å². The van der Waals surface area contributed by atoms with Gasteiger partial charge in [0, 0.05) is 10.8 Å². The standard InChI is InChI=1S/C28H27BN4/c1-12-9-13(2)26-24-25(12)32-27-20(10-30-32)16(5)14(3)18(7)22(27)29(24)23-19(8)15(4)17(6)21-11-31-33(26)28(21)23/h9-11H,1-8H3. The second-order valence-corrected chi connectivity index (χ2v) is 10.3. The molecular formula is C28H27BN4. The van der Waals surface area contributed by atoms with E-state index < -0.39 is 0 Å². The molecule has 0 amide bonds. The Morgan fingerprint density at radius 1 is 0.545 bits per heavy atom. The van der Waals surface area contributed by atoms with E-state index in [4.69, 9.17) is 10.2 Å². The first-order valence-corrected chi connectivity index (χ1v) is 11.8. The second kappa shape index (κ2) is 5.77. The van der Waals surface area contributed by atoms with E-state index in [-0.39, 0.29) is 6.71 Å². The van der Waals surface area contributed by atoms with Crippen LogP contribution in [0.2, 0.25) is 0 Å². The van der Waals surface area contributed by atoms with E-state index in [1.165, 1.54) is 94.1 Å². The molecule has 0 unspecified atom stereocenters. The SMILES string of the molecule is Cc1cc(C)c2c3c1-n1ncc4c(C)c(C)c(C)c(c41)B3c1c(C)c(C)c(C)c3cnn-2c13. The summed E-state index contributed by atoms with van der Waals surface area (Å²) < 4.78 is 4.44. The monoisotopic (exact) mass is 430 g/mol. The van der Waals surface area contributed by atoms with Crippen molar-refractivity contribution in [2.45, 2.75) is 55.4 Å². The Hall–Kier alpha value is -3.34. The van der Waals surface area contributed by atoms with E-state index in [0.717, 1.165) is 0 Å². The van der Waals surface area contributed by atoms with E-state index in [0.29, 0.717) is 0 Å². The Bertz CT molecular complexity index is 1620. The molecule has 3 aromatic carbocycles. The van der Waals surface area contributed by atoms with Gasteiger partial charge >= 0.3 is 0 Å². The van der Waals surface area contributed by atoms with Crippen LogP contribution >= 0.6 is 0 Å². The summed E-state index contributed by atoms with van der Waals surface area (Å²) in [6.07, 6.45) is 4.15. The van der Waals surface area contributed by atoms with Crippen LogP contribution in [0.5, 0.6) is 0 Å². The van der Waals surface area contributed by atoms with Gasteiger partial charge in [0.25, 0.3) is 6.71 Å². The van der Waals surface area contributed by atoms with Crippen LogP contribution < -0.4 is 16.4 Å². The van der Waals surface area contributed by atoms with Crippen LogP contribution in [0.3, 0.4) is 0 Å². The largest absolute Gasteiger partial charge is 0.253 e. The first-order chi connectivity index (χ1) is 15.7. The predicted molar refractivity (Wildman–Crippen MR) is 138 cm³/mol. The van der Waals surface area contributed by atoms with Crippen molar-refractivity contribution in [2.24, 2.45) is 0 Å². The van der Waals surface area contributed by atoms with Gasteiger partial charge in [-0.25, -0.2) is 9.36 Å². The third-order valence-electron chi connectivity index (χ3n) is 8.89. The van der Waals surface area contributed by atoms with Gasteiger partial charge in [-0.1, -0.05) is 17.2 Å². The van der Waals surface area contributed by atoms with Crippen molar-refractivity contribution in [3.05, 3.63) is 63.0 Å². The van der Waals surface area contributed by atoms with Gasteiger partial charge in [0.05, 0.1) is 34.8 Å². The van der Waals surface area contributed by atoms with Crippen molar-refractivity contribution in [3.63, 3.8) is 0 Å². The van der Waals surface area contributed by atoms with Crippen molar-refractivity contribution in [3.8, 4) is 11.4 Å². The smallest absolute Gasteiger partial charge is 0.234 e. The van der Waals surface area contributed by atoms with Gasteiger partial charge in [-0.2, -0.15) is 10.2 Å². The maximum Gasteiger partial charge on any atom is 0.253 e. The molecule has 4 nitrogen and oxygen atoms in total. The van der Waals surface area contributed by atoms with E-state index in [2.05, 4.69) is 83.2 Å². The lowest BCUT2D eigenvalue weighted by atomic mass is 9.32. The zero-order valence-electron chi connectivity index (χ0n) is 20.6. The van der Waals surface area contributed by atoms with Gasteiger partial charge in [-0.05, 0) is 105 Å². The zero-order valence-corrected chi connectivity index (χ0v) is 20.6. The highest BCUT2D eigenvalue weighted by Gasteiger charge is 2.43. The summed E-state index contributed by atoms with van der Waals surface area (Å²) in [5.41, 5.74) is 20.0. The van der Waals surface area contributed by atoms with Crippen molar-refractivity contribution in [2.75, 3.05) is 0 Å². The van der Waals surface area contributed by atoms with Gasteiger partial charge in [0.15, 0.2) is 0 Å². The van der Waals surface area contributed by atoms with Gasteiger partial charge < -0.3 is 0 Å². The first kappa shape index (κ1) is 19.2. The molecule has 7 rings (SSSR count). The number of nitrogens with zero attached hydrogens (tertiary/aromatic N) is 4. The fourth-order valence-electron chi connectivity index (χ4n) is 6.80. The van der Waals surface area contributed by atoms with Crippen LogP contribution in [0.15, 0.2) is 18.5 Å². The van der Waals surface area contributed by atoms with Crippen LogP contribution in [-0.2, 0) is 0 Å². The highest BCUT2D eigenvalue weighted by atomic mass is 15.3. The van der Waals surface area contributed by atoms with Crippen LogP contribution in [-0.4, -0.2) is 26.3 Å². The molecule has 2 aliphatic rings. The summed E-state index contributed by atoms with van der Waals surface area (Å²) in [4.78, 5) is 0. The van der Waals surface area contributed by atoms with Gasteiger partial charge in [-0.3, -0.25) is 0 Å². The normalized spacial score (nSPS) is 13.4. The molecule has 0 saturated carbocycles. The molecule has 2 aromatic heterocycles. The fraction of sp³-hybridized carbons (Fsp3) is 0.286. The molecule has 0 atom stereocenters. The molecule has 5 heteroatoms. The maximum atomic E-state index is 4.97. The fourth-order valence-corrected chi connectivity index (χ4v) is 6.80. The third kappa shape index (κ3) is 1.93. The quantitative estimate of drug-likeness (QED) is 0.342. The van der Waals surface area contributed by atoms with E-state index >= 15 is 0 Å². The molecule has 2 aliphatic heterocycles. The van der Waals surface area contributed by atoms with E-state index in [1.807, 2.05) is 0 Å². The lowest BCUT2D eigenvalue weighted by molar-refractivity contribution is 0.878. The third-order valence-corrected chi connectivity index (χ3v) is 8.89. The first-order valence-electron chi connectivity index (χ1n) is 11.8. The molecular weight excluding hydrogens is 403 g/mol. The number of rotatable bonds is 0. The summed E-state index contributed by atoms with van der Waals surface area (Å²) in [7, 11) is 0. The lowest BCUT2D eigenvalue weighted by Crippen LogP contribution is -2.61. The summed E-state index contributed by atoms with van der Waals surface area (Å²) in [5, 5.41) is 12.5. The average Bonchev–Trinajstić information content (AvgIpc) is 3.41.